The van der Waals surface area contributed by atoms with Crippen LogP contribution in [0.15, 0.2) is 115 Å². The van der Waals surface area contributed by atoms with Gasteiger partial charge in [-0.2, -0.15) is 0 Å². The lowest BCUT2D eigenvalue weighted by Crippen LogP contribution is -2.17. The standard InChI is InChI=1S/C31H23F4NO/c1-3-4-5-11-20(2)36(27-18-6-7-19-28(27)37)31-21(29-23(32)14-9-15-24(29)33)12-8-13-22(31)30-25(34)16-10-17-26(30)35/h3-19,37H,2H2,1H3/b4-3-,11-5-. The van der Waals surface area contributed by atoms with Gasteiger partial charge in [0.05, 0.1) is 22.5 Å². The van der Waals surface area contributed by atoms with Crippen molar-refractivity contribution in [1.82, 2.24) is 0 Å². The summed E-state index contributed by atoms with van der Waals surface area (Å²) in [5.41, 5.74) is -0.253. The molecule has 4 aromatic rings. The third-order valence-corrected chi connectivity index (χ3v) is 5.73. The number of hydrogen-bond acceptors (Lipinski definition) is 2. The van der Waals surface area contributed by atoms with Crippen LogP contribution in [-0.4, -0.2) is 5.11 Å². The van der Waals surface area contributed by atoms with Crippen LogP contribution in [0.2, 0.25) is 0 Å². The Kier molecular flexibility index (Phi) is 7.58. The highest BCUT2D eigenvalue weighted by Crippen LogP contribution is 2.48. The molecular weight excluding hydrogens is 478 g/mol. The van der Waals surface area contributed by atoms with Gasteiger partial charge < -0.3 is 10.0 Å². The van der Waals surface area contributed by atoms with Gasteiger partial charge in [0, 0.05) is 16.8 Å². The van der Waals surface area contributed by atoms with Gasteiger partial charge in [0.1, 0.15) is 29.0 Å². The molecule has 0 spiro atoms. The second kappa shape index (κ2) is 11.0. The van der Waals surface area contributed by atoms with Gasteiger partial charge in [-0.15, -0.1) is 0 Å². The van der Waals surface area contributed by atoms with Crippen LogP contribution < -0.4 is 4.90 Å². The van der Waals surface area contributed by atoms with Crippen LogP contribution in [0.4, 0.5) is 28.9 Å². The topological polar surface area (TPSA) is 23.5 Å². The van der Waals surface area contributed by atoms with Crippen molar-refractivity contribution in [1.29, 1.82) is 0 Å². The average molecular weight is 502 g/mol. The molecule has 0 saturated carbocycles. The molecule has 2 nitrogen and oxygen atoms in total. The Hall–Kier alpha value is -4.58. The minimum atomic E-state index is -0.861. The molecule has 0 aliphatic heterocycles. The maximum Gasteiger partial charge on any atom is 0.139 e. The summed E-state index contributed by atoms with van der Waals surface area (Å²) in [6.07, 6.45) is 6.83. The van der Waals surface area contributed by atoms with Crippen molar-refractivity contribution < 1.29 is 22.7 Å². The first-order valence-corrected chi connectivity index (χ1v) is 11.4. The fourth-order valence-corrected chi connectivity index (χ4v) is 4.12. The smallest absolute Gasteiger partial charge is 0.139 e. The Bertz CT molecular complexity index is 1410. The number of nitrogens with zero attached hydrogens (tertiary/aromatic N) is 1. The maximum absolute atomic E-state index is 15.1. The van der Waals surface area contributed by atoms with E-state index < -0.39 is 23.3 Å². The number of anilines is 2. The Morgan fingerprint density at radius 2 is 1.19 bits per heavy atom. The zero-order valence-electron chi connectivity index (χ0n) is 19.9. The van der Waals surface area contributed by atoms with Gasteiger partial charge in [0.25, 0.3) is 0 Å². The molecule has 0 heterocycles. The summed E-state index contributed by atoms with van der Waals surface area (Å²) in [5.74, 6) is -3.62. The minimum Gasteiger partial charge on any atom is -0.506 e. The monoisotopic (exact) mass is 501 g/mol. The van der Waals surface area contributed by atoms with Gasteiger partial charge >= 0.3 is 0 Å². The van der Waals surface area contributed by atoms with E-state index in [9.17, 15) is 5.11 Å². The minimum absolute atomic E-state index is 0.0135. The van der Waals surface area contributed by atoms with E-state index in [1.54, 1.807) is 42.5 Å². The molecule has 0 aliphatic rings. The van der Waals surface area contributed by atoms with Gasteiger partial charge in [-0.05, 0) is 49.4 Å². The second-order valence-corrected chi connectivity index (χ2v) is 8.10. The highest BCUT2D eigenvalue weighted by Gasteiger charge is 2.27. The lowest BCUT2D eigenvalue weighted by Gasteiger charge is -2.31. The zero-order valence-corrected chi connectivity index (χ0v) is 19.9. The summed E-state index contributed by atoms with van der Waals surface area (Å²) in [6.45, 7) is 5.92. The van der Waals surface area contributed by atoms with Crippen LogP contribution in [0.5, 0.6) is 5.75 Å². The van der Waals surface area contributed by atoms with E-state index >= 15 is 17.6 Å². The van der Waals surface area contributed by atoms with Crippen molar-refractivity contribution in [2.75, 3.05) is 4.90 Å². The predicted octanol–water partition coefficient (Wildman–Crippen LogP) is 9.07. The highest BCUT2D eigenvalue weighted by molar-refractivity contribution is 5.96. The van der Waals surface area contributed by atoms with Crippen LogP contribution in [0, 0.1) is 23.3 Å². The molecule has 37 heavy (non-hydrogen) atoms. The average Bonchev–Trinajstić information content (AvgIpc) is 2.86. The number of aromatic hydroxyl groups is 1. The molecule has 0 bridgehead atoms. The quantitative estimate of drug-likeness (QED) is 0.202. The number of hydrogen-bond donors (Lipinski definition) is 1. The molecule has 0 radical (unpaired) electrons. The lowest BCUT2D eigenvalue weighted by molar-refractivity contribution is 0.476. The molecule has 0 atom stereocenters. The molecule has 0 aliphatic carbocycles. The summed E-state index contributed by atoms with van der Waals surface area (Å²) in [6, 6.07) is 17.5. The molecule has 1 N–H and O–H groups in total. The Balaban J connectivity index is 2.17. The normalized spacial score (nSPS) is 11.4. The van der Waals surface area contributed by atoms with Crippen molar-refractivity contribution in [3.05, 3.63) is 139 Å². The molecule has 0 amide bonds. The van der Waals surface area contributed by atoms with Crippen molar-refractivity contribution in [3.63, 3.8) is 0 Å². The van der Waals surface area contributed by atoms with E-state index in [2.05, 4.69) is 6.58 Å². The van der Waals surface area contributed by atoms with E-state index in [1.165, 1.54) is 41.3 Å². The van der Waals surface area contributed by atoms with Crippen molar-refractivity contribution in [2.24, 2.45) is 0 Å². The molecule has 0 unspecified atom stereocenters. The summed E-state index contributed by atoms with van der Waals surface area (Å²) in [5, 5.41) is 10.8. The van der Waals surface area contributed by atoms with E-state index in [1.807, 2.05) is 6.92 Å². The Morgan fingerprint density at radius 3 is 1.68 bits per heavy atom. The maximum atomic E-state index is 15.1. The van der Waals surface area contributed by atoms with Crippen LogP contribution in [-0.2, 0) is 0 Å². The summed E-state index contributed by atoms with van der Waals surface area (Å²) in [7, 11) is 0. The molecule has 0 aromatic heterocycles. The third-order valence-electron chi connectivity index (χ3n) is 5.73. The van der Waals surface area contributed by atoms with Crippen LogP contribution in [0.3, 0.4) is 0 Å². The Labute approximate surface area is 212 Å². The molecule has 4 aromatic carbocycles. The number of benzene rings is 4. The molecular formula is C31H23F4NO. The van der Waals surface area contributed by atoms with Gasteiger partial charge in [0.2, 0.25) is 0 Å². The third kappa shape index (κ3) is 5.05. The number of allylic oxidation sites excluding steroid dienone is 4. The number of rotatable bonds is 7. The van der Waals surface area contributed by atoms with Gasteiger partial charge in [-0.1, -0.05) is 67.3 Å². The first-order valence-electron chi connectivity index (χ1n) is 11.4. The second-order valence-electron chi connectivity index (χ2n) is 8.10. The molecule has 0 fully saturated rings. The molecule has 6 heteroatoms. The van der Waals surface area contributed by atoms with E-state index in [0.29, 0.717) is 0 Å². The summed E-state index contributed by atoms with van der Waals surface area (Å²) in [4.78, 5) is 1.43. The lowest BCUT2D eigenvalue weighted by atomic mass is 9.93. The first kappa shape index (κ1) is 25.5. The largest absolute Gasteiger partial charge is 0.506 e. The van der Waals surface area contributed by atoms with Crippen molar-refractivity contribution in [2.45, 2.75) is 6.92 Å². The molecule has 4 rings (SSSR count). The zero-order chi connectivity index (χ0) is 26.5. The highest BCUT2D eigenvalue weighted by atomic mass is 19.1. The van der Waals surface area contributed by atoms with E-state index in [0.717, 1.165) is 24.3 Å². The van der Waals surface area contributed by atoms with E-state index in [-0.39, 0.29) is 45.1 Å². The molecule has 0 saturated heterocycles. The van der Waals surface area contributed by atoms with Gasteiger partial charge in [-0.25, -0.2) is 17.6 Å². The van der Waals surface area contributed by atoms with E-state index in [4.69, 9.17) is 0 Å². The van der Waals surface area contributed by atoms with Gasteiger partial charge in [0.15, 0.2) is 0 Å². The number of para-hydroxylation sites is 3. The summed E-state index contributed by atoms with van der Waals surface area (Å²) >= 11 is 0. The van der Waals surface area contributed by atoms with Crippen molar-refractivity contribution in [3.8, 4) is 28.0 Å². The predicted molar refractivity (Wildman–Crippen MR) is 140 cm³/mol. The van der Waals surface area contributed by atoms with Crippen LogP contribution in [0.25, 0.3) is 22.3 Å². The fourth-order valence-electron chi connectivity index (χ4n) is 4.12. The molecule has 186 valence electrons. The van der Waals surface area contributed by atoms with Gasteiger partial charge in [-0.3, -0.25) is 0 Å². The van der Waals surface area contributed by atoms with Crippen LogP contribution >= 0.6 is 0 Å². The Morgan fingerprint density at radius 1 is 0.703 bits per heavy atom. The van der Waals surface area contributed by atoms with Crippen molar-refractivity contribution >= 4 is 11.4 Å². The number of halogens is 4. The number of phenolic OH excluding ortho intramolecular Hbond substituents is 1. The van der Waals surface area contributed by atoms with Crippen LogP contribution in [0.1, 0.15) is 6.92 Å². The number of phenols is 1. The summed E-state index contributed by atoms with van der Waals surface area (Å²) < 4.78 is 60.4. The fraction of sp³-hybridized carbons (Fsp3) is 0.0323. The first-order chi connectivity index (χ1) is 17.8. The SMILES string of the molecule is C=C(/C=C\C=C/C)N(c1ccccc1O)c1c(-c2c(F)cccc2F)cccc1-c1c(F)cccc1F.